The highest BCUT2D eigenvalue weighted by atomic mass is 79.9. The minimum Gasteiger partial charge on any atom is -0.507 e. The van der Waals surface area contributed by atoms with Gasteiger partial charge < -0.3 is 34.1 Å². The number of ether oxygens (including phenoxy) is 4. The molecule has 0 saturated carbocycles. The number of Topliss-reactive ketones (excluding diaryl/α,β-unsaturated/α-hetero) is 1. The second-order valence-electron chi connectivity index (χ2n) is 9.21. The molecule has 3 aliphatic rings. The van der Waals surface area contributed by atoms with Crippen LogP contribution in [-0.4, -0.2) is 91.4 Å². The molecule has 1 unspecified atom stereocenters. The minimum atomic E-state index is -0.890. The van der Waals surface area contributed by atoms with Gasteiger partial charge in [0.05, 0.1) is 36.4 Å². The van der Waals surface area contributed by atoms with Gasteiger partial charge in [0.1, 0.15) is 19.0 Å². The van der Waals surface area contributed by atoms with E-state index in [9.17, 15) is 19.8 Å². The number of aromatic hydroxyl groups is 1. The van der Waals surface area contributed by atoms with Crippen molar-refractivity contribution in [1.29, 1.82) is 0 Å². The molecule has 3 aliphatic heterocycles. The third kappa shape index (κ3) is 5.05. The number of ketones is 1. The molecule has 202 valence electrons. The smallest absolute Gasteiger partial charge is 0.295 e. The zero-order chi connectivity index (χ0) is 26.8. The van der Waals surface area contributed by atoms with Crippen LogP contribution in [-0.2, 0) is 14.3 Å². The summed E-state index contributed by atoms with van der Waals surface area (Å²) in [4.78, 5) is 30.4. The number of phenolic OH excluding ortho intramolecular Hbond substituents is 1. The van der Waals surface area contributed by atoms with E-state index < -0.39 is 17.7 Å². The second-order valence-corrected chi connectivity index (χ2v) is 10.1. The number of nitrogens with zero attached hydrogens (tertiary/aromatic N) is 2. The third-order valence-electron chi connectivity index (χ3n) is 6.92. The molecule has 0 spiro atoms. The Bertz CT molecular complexity index is 1270. The van der Waals surface area contributed by atoms with E-state index in [-0.39, 0.29) is 22.8 Å². The van der Waals surface area contributed by atoms with Crippen molar-refractivity contribution in [1.82, 2.24) is 9.80 Å². The molecule has 0 aromatic heterocycles. The topological polar surface area (TPSA) is 118 Å². The van der Waals surface area contributed by atoms with E-state index in [0.717, 1.165) is 19.6 Å². The number of aliphatic hydroxyl groups excluding tert-OH is 1. The van der Waals surface area contributed by atoms with Crippen LogP contribution < -0.4 is 14.2 Å². The van der Waals surface area contributed by atoms with Gasteiger partial charge in [-0.15, -0.1) is 0 Å². The molecule has 2 saturated heterocycles. The zero-order valence-electron chi connectivity index (χ0n) is 20.9. The highest BCUT2D eigenvalue weighted by Gasteiger charge is 2.46. The number of aliphatic hydroxyl groups is 1. The minimum absolute atomic E-state index is 0.0438. The van der Waals surface area contributed by atoms with Crippen molar-refractivity contribution in [3.05, 3.63) is 51.5 Å². The van der Waals surface area contributed by atoms with Gasteiger partial charge in [0, 0.05) is 31.7 Å². The average molecular weight is 589 g/mol. The van der Waals surface area contributed by atoms with Crippen molar-refractivity contribution >= 4 is 33.4 Å². The Labute approximate surface area is 228 Å². The molecule has 0 bridgehead atoms. The van der Waals surface area contributed by atoms with Gasteiger partial charge in [-0.25, -0.2) is 0 Å². The Morgan fingerprint density at radius 3 is 2.53 bits per heavy atom. The number of rotatable bonds is 7. The van der Waals surface area contributed by atoms with Crippen LogP contribution in [0, 0.1) is 0 Å². The predicted molar refractivity (Wildman–Crippen MR) is 141 cm³/mol. The Kier molecular flexibility index (Phi) is 7.78. The van der Waals surface area contributed by atoms with E-state index in [4.69, 9.17) is 18.9 Å². The Balaban J connectivity index is 1.54. The number of methoxy groups -OCH3 is 1. The van der Waals surface area contributed by atoms with Crippen LogP contribution in [0.25, 0.3) is 5.76 Å². The maximum Gasteiger partial charge on any atom is 0.295 e. The molecule has 1 atom stereocenters. The molecule has 2 N–H and O–H groups in total. The molecule has 10 nitrogen and oxygen atoms in total. The molecule has 2 aromatic carbocycles. The summed E-state index contributed by atoms with van der Waals surface area (Å²) in [6, 6.07) is 7.19. The van der Waals surface area contributed by atoms with Crippen molar-refractivity contribution in [2.24, 2.45) is 0 Å². The van der Waals surface area contributed by atoms with Gasteiger partial charge in [-0.3, -0.25) is 14.5 Å². The summed E-state index contributed by atoms with van der Waals surface area (Å²) in [6.45, 7) is 4.79. The lowest BCUT2D eigenvalue weighted by Gasteiger charge is -2.29. The SMILES string of the molecule is COc1cc(C2/C(=C(/O)c3ccc4c(c3)OCCO4)C(=O)C(=O)N2CCCN2CCOCC2)cc(Br)c1O. The number of hydrogen-bond acceptors (Lipinski definition) is 9. The molecule has 5 rings (SSSR count). The standard InChI is InChI=1S/C27H29BrN2O8/c1-35-21-15-17(13-18(28)25(21)32)23-22(24(31)16-3-4-19-20(14-16)38-12-11-37-19)26(33)27(34)30(23)6-2-5-29-7-9-36-10-8-29/h3-4,13-15,23,31-32H,2,5-12H2,1H3/b24-22-. The molecular formula is C27H29BrN2O8. The summed E-state index contributed by atoms with van der Waals surface area (Å²) >= 11 is 3.34. The molecule has 38 heavy (non-hydrogen) atoms. The van der Waals surface area contributed by atoms with Crippen LogP contribution in [0.5, 0.6) is 23.0 Å². The maximum absolute atomic E-state index is 13.4. The summed E-state index contributed by atoms with van der Waals surface area (Å²) in [5.74, 6) is -0.731. The van der Waals surface area contributed by atoms with Gasteiger partial charge in [-0.1, -0.05) is 0 Å². The summed E-state index contributed by atoms with van der Waals surface area (Å²) in [7, 11) is 1.42. The van der Waals surface area contributed by atoms with Crippen LogP contribution in [0.2, 0.25) is 0 Å². The van der Waals surface area contributed by atoms with Gasteiger partial charge in [-0.2, -0.15) is 0 Å². The number of fused-ring (bicyclic) bond motifs is 1. The fraction of sp³-hybridized carbons (Fsp3) is 0.407. The summed E-state index contributed by atoms with van der Waals surface area (Å²) < 4.78 is 22.3. The first-order valence-electron chi connectivity index (χ1n) is 12.4. The van der Waals surface area contributed by atoms with E-state index >= 15 is 0 Å². The summed E-state index contributed by atoms with van der Waals surface area (Å²) in [5, 5.41) is 21.8. The third-order valence-corrected chi connectivity index (χ3v) is 7.52. The van der Waals surface area contributed by atoms with E-state index in [0.29, 0.717) is 66.5 Å². The van der Waals surface area contributed by atoms with Crippen molar-refractivity contribution in [3.63, 3.8) is 0 Å². The lowest BCUT2D eigenvalue weighted by Crippen LogP contribution is -2.39. The molecule has 1 amide bonds. The molecule has 11 heteroatoms. The zero-order valence-corrected chi connectivity index (χ0v) is 22.5. The van der Waals surface area contributed by atoms with Crippen molar-refractivity contribution in [2.75, 3.05) is 59.7 Å². The monoisotopic (exact) mass is 588 g/mol. The maximum atomic E-state index is 13.4. The number of likely N-dealkylation sites (tertiary alicyclic amines) is 1. The van der Waals surface area contributed by atoms with Gasteiger partial charge >= 0.3 is 0 Å². The van der Waals surface area contributed by atoms with Crippen molar-refractivity contribution in [2.45, 2.75) is 12.5 Å². The normalized spacial score (nSPS) is 21.1. The largest absolute Gasteiger partial charge is 0.507 e. The number of carbonyl (C=O) groups excluding carboxylic acids is 2. The number of amides is 1. The number of halogens is 1. The Hall–Kier alpha value is -3.28. The van der Waals surface area contributed by atoms with Crippen LogP contribution in [0.4, 0.5) is 0 Å². The number of hydrogen-bond donors (Lipinski definition) is 2. The molecule has 0 radical (unpaired) electrons. The van der Waals surface area contributed by atoms with E-state index in [1.807, 2.05) is 0 Å². The first kappa shape index (κ1) is 26.3. The molecular weight excluding hydrogens is 560 g/mol. The summed E-state index contributed by atoms with van der Waals surface area (Å²) in [6.07, 6.45) is 0.629. The lowest BCUT2D eigenvalue weighted by molar-refractivity contribution is -0.140. The van der Waals surface area contributed by atoms with Crippen LogP contribution in [0.15, 0.2) is 40.4 Å². The van der Waals surface area contributed by atoms with E-state index in [1.54, 1.807) is 30.3 Å². The van der Waals surface area contributed by atoms with Crippen LogP contribution in [0.3, 0.4) is 0 Å². The van der Waals surface area contributed by atoms with Gasteiger partial charge in [0.2, 0.25) is 0 Å². The first-order valence-corrected chi connectivity index (χ1v) is 13.2. The number of phenols is 1. The first-order chi connectivity index (χ1) is 18.4. The quantitative estimate of drug-likeness (QED) is 0.286. The van der Waals surface area contributed by atoms with Crippen molar-refractivity contribution in [3.8, 4) is 23.0 Å². The highest BCUT2D eigenvalue weighted by molar-refractivity contribution is 9.10. The molecule has 2 aromatic rings. The fourth-order valence-corrected chi connectivity index (χ4v) is 5.46. The lowest BCUT2D eigenvalue weighted by atomic mass is 9.94. The number of carbonyl (C=O) groups is 2. The van der Waals surface area contributed by atoms with Crippen LogP contribution >= 0.6 is 15.9 Å². The number of morpholine rings is 1. The summed E-state index contributed by atoms with van der Waals surface area (Å²) in [5.41, 5.74) is 0.796. The molecule has 2 fully saturated rings. The Morgan fingerprint density at radius 1 is 1.05 bits per heavy atom. The van der Waals surface area contributed by atoms with Crippen molar-refractivity contribution < 1.29 is 38.7 Å². The molecule has 0 aliphatic carbocycles. The number of benzene rings is 2. The van der Waals surface area contributed by atoms with Crippen LogP contribution in [0.1, 0.15) is 23.6 Å². The highest BCUT2D eigenvalue weighted by Crippen LogP contribution is 2.45. The average Bonchev–Trinajstić information content (AvgIpc) is 3.19. The van der Waals surface area contributed by atoms with E-state index in [2.05, 4.69) is 20.8 Å². The van der Waals surface area contributed by atoms with Gasteiger partial charge in [0.25, 0.3) is 11.7 Å². The predicted octanol–water partition coefficient (Wildman–Crippen LogP) is 3.08. The van der Waals surface area contributed by atoms with Gasteiger partial charge in [-0.05, 0) is 58.2 Å². The van der Waals surface area contributed by atoms with E-state index in [1.165, 1.54) is 12.0 Å². The Morgan fingerprint density at radius 2 is 1.79 bits per heavy atom. The van der Waals surface area contributed by atoms with Gasteiger partial charge in [0.15, 0.2) is 23.0 Å². The fourth-order valence-electron chi connectivity index (χ4n) is 5.00. The molecule has 3 heterocycles. The second kappa shape index (κ2) is 11.2.